The number of carbonyl (C=O) groups excluding carboxylic acids is 2. The number of methoxy groups -OCH3 is 1. The second kappa shape index (κ2) is 9.39. The molecule has 2 N–H and O–H groups in total. The van der Waals surface area contributed by atoms with Crippen LogP contribution < -0.4 is 15.2 Å². The Hall–Kier alpha value is -2.76. The predicted molar refractivity (Wildman–Crippen MR) is 93.8 cm³/mol. The molecule has 1 aromatic carbocycles. The van der Waals surface area contributed by atoms with E-state index in [1.54, 1.807) is 29.2 Å². The zero-order valence-corrected chi connectivity index (χ0v) is 14.4. The Morgan fingerprint density at radius 2 is 2.04 bits per heavy atom. The minimum absolute atomic E-state index is 0.0893. The maximum absolute atomic E-state index is 12.2. The molecule has 0 saturated carbocycles. The van der Waals surface area contributed by atoms with Crippen molar-refractivity contribution < 1.29 is 19.1 Å². The van der Waals surface area contributed by atoms with Gasteiger partial charge in [-0.1, -0.05) is 18.2 Å². The molecule has 2 amide bonds. The number of hydrogen-bond acceptors (Lipinski definition) is 4. The second-order valence-corrected chi connectivity index (χ2v) is 5.31. The fourth-order valence-corrected chi connectivity index (χ4v) is 2.00. The van der Waals surface area contributed by atoms with E-state index in [0.29, 0.717) is 24.6 Å². The van der Waals surface area contributed by atoms with Crippen LogP contribution in [-0.2, 0) is 9.59 Å². The molecule has 24 heavy (non-hydrogen) atoms. The summed E-state index contributed by atoms with van der Waals surface area (Å²) in [5, 5.41) is 0. The number of amides is 2. The molecule has 6 nitrogen and oxygen atoms in total. The van der Waals surface area contributed by atoms with Crippen molar-refractivity contribution in [2.24, 2.45) is 5.73 Å². The van der Waals surface area contributed by atoms with Gasteiger partial charge in [0, 0.05) is 19.2 Å². The van der Waals surface area contributed by atoms with E-state index in [1.807, 2.05) is 13.8 Å². The molecule has 0 heterocycles. The number of carbonyl (C=O) groups is 2. The highest BCUT2D eigenvalue weighted by Crippen LogP contribution is 2.28. The largest absolute Gasteiger partial charge is 0.493 e. The lowest BCUT2D eigenvalue weighted by molar-refractivity contribution is -0.125. The fraction of sp³-hybridized carbons (Fsp3) is 0.333. The zero-order valence-electron chi connectivity index (χ0n) is 14.4. The Balaban J connectivity index is 2.85. The Kier molecular flexibility index (Phi) is 7.55. The van der Waals surface area contributed by atoms with Gasteiger partial charge in [-0.05, 0) is 37.6 Å². The summed E-state index contributed by atoms with van der Waals surface area (Å²) >= 11 is 0. The van der Waals surface area contributed by atoms with Gasteiger partial charge in [0.1, 0.15) is 0 Å². The third-order valence-corrected chi connectivity index (χ3v) is 3.13. The molecule has 0 aliphatic carbocycles. The predicted octanol–water partition coefficient (Wildman–Crippen LogP) is 2.00. The van der Waals surface area contributed by atoms with Crippen LogP contribution in [0.4, 0.5) is 0 Å². The topological polar surface area (TPSA) is 81.9 Å². The number of nitrogens with two attached hydrogens (primary N) is 1. The van der Waals surface area contributed by atoms with Crippen molar-refractivity contribution in [3.8, 4) is 11.5 Å². The first-order chi connectivity index (χ1) is 11.4. The maximum Gasteiger partial charge on any atom is 0.255 e. The van der Waals surface area contributed by atoms with Gasteiger partial charge in [-0.25, -0.2) is 0 Å². The molecule has 6 heteroatoms. The Bertz CT molecular complexity index is 638. The molecule has 0 atom stereocenters. The van der Waals surface area contributed by atoms with Crippen LogP contribution in [0.5, 0.6) is 11.5 Å². The summed E-state index contributed by atoms with van der Waals surface area (Å²) in [6.07, 6.45) is 3.20. The molecule has 1 rings (SSSR count). The molecule has 0 aromatic heterocycles. The normalized spacial score (nSPS) is 10.5. The lowest BCUT2D eigenvalue weighted by atomic mass is 10.2. The molecule has 0 bridgehead atoms. The zero-order chi connectivity index (χ0) is 18.1. The van der Waals surface area contributed by atoms with Gasteiger partial charge in [-0.3, -0.25) is 9.59 Å². The molecular weight excluding hydrogens is 308 g/mol. The van der Waals surface area contributed by atoms with Gasteiger partial charge in [0.05, 0.1) is 7.11 Å². The highest BCUT2D eigenvalue weighted by Gasteiger charge is 2.09. The minimum Gasteiger partial charge on any atom is -0.493 e. The first kappa shape index (κ1) is 19.3. The monoisotopic (exact) mass is 332 g/mol. The summed E-state index contributed by atoms with van der Waals surface area (Å²) in [6.45, 7) is 8.54. The first-order valence-corrected chi connectivity index (χ1v) is 7.57. The van der Waals surface area contributed by atoms with Crippen molar-refractivity contribution in [1.82, 2.24) is 4.90 Å². The maximum atomic E-state index is 12.2. The first-order valence-electron chi connectivity index (χ1n) is 7.57. The van der Waals surface area contributed by atoms with E-state index in [0.717, 1.165) is 11.1 Å². The number of rotatable bonds is 9. The number of ether oxygens (including phenoxy) is 2. The van der Waals surface area contributed by atoms with Gasteiger partial charge < -0.3 is 20.1 Å². The summed E-state index contributed by atoms with van der Waals surface area (Å²) in [5.41, 5.74) is 6.76. The van der Waals surface area contributed by atoms with Gasteiger partial charge in [0.15, 0.2) is 18.1 Å². The highest BCUT2D eigenvalue weighted by atomic mass is 16.5. The van der Waals surface area contributed by atoms with Crippen LogP contribution in [0.25, 0.3) is 6.08 Å². The van der Waals surface area contributed by atoms with Crippen molar-refractivity contribution in [2.75, 3.05) is 26.8 Å². The lowest BCUT2D eigenvalue weighted by Gasteiger charge is -2.18. The van der Waals surface area contributed by atoms with Gasteiger partial charge in [-0.2, -0.15) is 0 Å². The summed E-state index contributed by atoms with van der Waals surface area (Å²) in [6, 6.07) is 5.14. The van der Waals surface area contributed by atoms with Gasteiger partial charge in [0.25, 0.3) is 5.91 Å². The SMILES string of the molecule is C=C(C)CN(CC)C(=O)C=Cc1ccc(OCC(N)=O)c(OC)c1. The van der Waals surface area contributed by atoms with E-state index in [2.05, 4.69) is 6.58 Å². The van der Waals surface area contributed by atoms with Crippen LogP contribution in [0, 0.1) is 0 Å². The van der Waals surface area contributed by atoms with E-state index in [1.165, 1.54) is 13.2 Å². The van der Waals surface area contributed by atoms with Crippen molar-refractivity contribution in [3.05, 3.63) is 42.0 Å². The van der Waals surface area contributed by atoms with Gasteiger partial charge in [0.2, 0.25) is 5.91 Å². The summed E-state index contributed by atoms with van der Waals surface area (Å²) < 4.78 is 10.5. The molecule has 0 aliphatic heterocycles. The molecule has 0 spiro atoms. The Labute approximate surface area is 142 Å². The van der Waals surface area contributed by atoms with Crippen molar-refractivity contribution in [2.45, 2.75) is 13.8 Å². The van der Waals surface area contributed by atoms with Crippen molar-refractivity contribution in [1.29, 1.82) is 0 Å². The van der Waals surface area contributed by atoms with Crippen LogP contribution in [0.3, 0.4) is 0 Å². The molecule has 0 fully saturated rings. The van der Waals surface area contributed by atoms with Crippen molar-refractivity contribution >= 4 is 17.9 Å². The smallest absolute Gasteiger partial charge is 0.255 e. The number of primary amides is 1. The quantitative estimate of drug-likeness (QED) is 0.554. The van der Waals surface area contributed by atoms with Gasteiger partial charge in [-0.15, -0.1) is 0 Å². The standard InChI is InChI=1S/C18H24N2O4/c1-5-20(11-13(2)3)18(22)9-7-14-6-8-15(16(10-14)23-4)24-12-17(19)21/h6-10H,2,5,11-12H2,1,3-4H3,(H2,19,21). The molecule has 0 aliphatic rings. The fourth-order valence-electron chi connectivity index (χ4n) is 2.00. The summed E-state index contributed by atoms with van der Waals surface area (Å²) in [7, 11) is 1.50. The van der Waals surface area contributed by atoms with E-state index < -0.39 is 5.91 Å². The van der Waals surface area contributed by atoms with E-state index in [-0.39, 0.29) is 12.5 Å². The Morgan fingerprint density at radius 3 is 2.58 bits per heavy atom. The third-order valence-electron chi connectivity index (χ3n) is 3.13. The summed E-state index contributed by atoms with van der Waals surface area (Å²) in [5.74, 6) is 0.217. The number of benzene rings is 1. The molecular formula is C18H24N2O4. The second-order valence-electron chi connectivity index (χ2n) is 5.31. The van der Waals surface area contributed by atoms with E-state index >= 15 is 0 Å². The van der Waals surface area contributed by atoms with Gasteiger partial charge >= 0.3 is 0 Å². The average molecular weight is 332 g/mol. The van der Waals surface area contributed by atoms with Crippen LogP contribution in [0.2, 0.25) is 0 Å². The third kappa shape index (κ3) is 6.16. The molecule has 1 aromatic rings. The number of likely N-dealkylation sites (N-methyl/N-ethyl adjacent to an activating group) is 1. The summed E-state index contributed by atoms with van der Waals surface area (Å²) in [4.78, 5) is 24.6. The van der Waals surface area contributed by atoms with Crippen LogP contribution >= 0.6 is 0 Å². The van der Waals surface area contributed by atoms with Crippen LogP contribution in [-0.4, -0.2) is 43.5 Å². The molecule has 130 valence electrons. The highest BCUT2D eigenvalue weighted by molar-refractivity contribution is 5.92. The van der Waals surface area contributed by atoms with Crippen LogP contribution in [0.15, 0.2) is 36.4 Å². The van der Waals surface area contributed by atoms with Crippen LogP contribution in [0.1, 0.15) is 19.4 Å². The van der Waals surface area contributed by atoms with E-state index in [4.69, 9.17) is 15.2 Å². The molecule has 0 unspecified atom stereocenters. The molecule has 0 radical (unpaired) electrons. The van der Waals surface area contributed by atoms with Crippen molar-refractivity contribution in [3.63, 3.8) is 0 Å². The lowest BCUT2D eigenvalue weighted by Crippen LogP contribution is -2.30. The number of nitrogens with zero attached hydrogens (tertiary/aromatic N) is 1. The Morgan fingerprint density at radius 1 is 1.33 bits per heavy atom. The minimum atomic E-state index is -0.566. The van der Waals surface area contributed by atoms with E-state index in [9.17, 15) is 9.59 Å². The molecule has 0 saturated heterocycles. The average Bonchev–Trinajstić information content (AvgIpc) is 2.55. The number of hydrogen-bond donors (Lipinski definition) is 1.